The first kappa shape index (κ1) is 12.8. The Morgan fingerprint density at radius 1 is 1.31 bits per heavy atom. The summed E-state index contributed by atoms with van der Waals surface area (Å²) in [6.07, 6.45) is 4.03. The molecule has 0 aliphatic heterocycles. The summed E-state index contributed by atoms with van der Waals surface area (Å²) in [5.74, 6) is 0.945. The summed E-state index contributed by atoms with van der Waals surface area (Å²) >= 11 is 0. The van der Waals surface area contributed by atoms with Gasteiger partial charge in [-0.05, 0) is 37.1 Å². The van der Waals surface area contributed by atoms with Crippen LogP contribution in [0.15, 0.2) is 36.9 Å². The molecule has 1 aromatic carbocycles. The van der Waals surface area contributed by atoms with Crippen LogP contribution in [-0.4, -0.2) is 19.7 Å². The molecule has 0 fully saturated rings. The van der Waals surface area contributed by atoms with Crippen molar-refractivity contribution in [2.24, 2.45) is 0 Å². The van der Waals surface area contributed by atoms with Gasteiger partial charge in [-0.1, -0.05) is 25.1 Å². The summed E-state index contributed by atoms with van der Waals surface area (Å²) in [4.78, 5) is 0. The summed E-state index contributed by atoms with van der Waals surface area (Å²) < 4.78 is 5.58. The van der Waals surface area contributed by atoms with Gasteiger partial charge in [0.25, 0.3) is 0 Å². The summed E-state index contributed by atoms with van der Waals surface area (Å²) in [6, 6.07) is 8.30. The fourth-order valence-corrected chi connectivity index (χ4v) is 1.44. The van der Waals surface area contributed by atoms with E-state index in [4.69, 9.17) is 4.74 Å². The third-order valence-electron chi connectivity index (χ3n) is 2.36. The lowest BCUT2D eigenvalue weighted by Gasteiger charge is -2.07. The average Bonchev–Trinajstić information content (AvgIpc) is 2.33. The highest BCUT2D eigenvalue weighted by atomic mass is 16.5. The van der Waals surface area contributed by atoms with Crippen molar-refractivity contribution in [1.82, 2.24) is 5.32 Å². The number of ether oxygens (including phenoxy) is 1. The highest BCUT2D eigenvalue weighted by molar-refractivity contribution is 5.27. The molecule has 0 amide bonds. The second kappa shape index (κ2) is 7.94. The molecule has 0 heterocycles. The minimum absolute atomic E-state index is 0.722. The number of hydrogen-bond acceptors (Lipinski definition) is 2. The second-order valence-electron chi connectivity index (χ2n) is 3.67. The van der Waals surface area contributed by atoms with Crippen LogP contribution < -0.4 is 10.1 Å². The molecule has 0 bridgehead atoms. The van der Waals surface area contributed by atoms with Crippen LogP contribution in [0.5, 0.6) is 5.75 Å². The lowest BCUT2D eigenvalue weighted by atomic mass is 10.1. The van der Waals surface area contributed by atoms with Crippen molar-refractivity contribution in [1.29, 1.82) is 0 Å². The number of aryl methyl sites for hydroxylation is 1. The fraction of sp³-hybridized carbons (Fsp3) is 0.429. The molecule has 88 valence electrons. The van der Waals surface area contributed by atoms with E-state index < -0.39 is 0 Å². The van der Waals surface area contributed by atoms with Gasteiger partial charge in [0.2, 0.25) is 0 Å². The van der Waals surface area contributed by atoms with E-state index >= 15 is 0 Å². The summed E-state index contributed by atoms with van der Waals surface area (Å²) in [6.45, 7) is 8.42. The van der Waals surface area contributed by atoms with Crippen LogP contribution >= 0.6 is 0 Å². The molecule has 0 aliphatic carbocycles. The molecule has 1 N–H and O–H groups in total. The molecule has 0 atom stereocenters. The fourth-order valence-electron chi connectivity index (χ4n) is 1.44. The Labute approximate surface area is 98.3 Å². The molecule has 16 heavy (non-hydrogen) atoms. The first-order valence-corrected chi connectivity index (χ1v) is 5.90. The molecule has 0 aliphatic rings. The molecule has 1 rings (SSSR count). The predicted octanol–water partition coefficient (Wildman–Crippen LogP) is 2.79. The van der Waals surface area contributed by atoms with Crippen LogP contribution in [0.25, 0.3) is 0 Å². The van der Waals surface area contributed by atoms with Crippen molar-refractivity contribution >= 4 is 0 Å². The van der Waals surface area contributed by atoms with Crippen molar-refractivity contribution in [3.8, 4) is 5.75 Å². The molecular weight excluding hydrogens is 198 g/mol. The molecule has 0 aromatic heterocycles. The van der Waals surface area contributed by atoms with E-state index in [1.807, 2.05) is 18.2 Å². The van der Waals surface area contributed by atoms with E-state index in [0.29, 0.717) is 0 Å². The number of benzene rings is 1. The first-order chi connectivity index (χ1) is 7.86. The van der Waals surface area contributed by atoms with E-state index in [0.717, 1.165) is 38.3 Å². The maximum atomic E-state index is 5.58. The maximum absolute atomic E-state index is 5.58. The number of likely N-dealkylation sites (N-methyl/N-ethyl adjacent to an activating group) is 1. The van der Waals surface area contributed by atoms with Gasteiger partial charge in [0.1, 0.15) is 12.4 Å². The Balaban J connectivity index is 2.30. The second-order valence-corrected chi connectivity index (χ2v) is 3.67. The molecule has 0 radical (unpaired) electrons. The zero-order chi connectivity index (χ0) is 11.6. The molecule has 0 unspecified atom stereocenters. The Hall–Kier alpha value is -1.28. The Kier molecular flexibility index (Phi) is 6.35. The zero-order valence-electron chi connectivity index (χ0n) is 10.0. The number of allylic oxidation sites excluding steroid dienone is 1. The largest absolute Gasteiger partial charge is 0.492 e. The number of hydrogen-bond donors (Lipinski definition) is 1. The minimum Gasteiger partial charge on any atom is -0.492 e. The third kappa shape index (κ3) is 4.99. The van der Waals surface area contributed by atoms with Gasteiger partial charge in [0, 0.05) is 6.54 Å². The lowest BCUT2D eigenvalue weighted by Crippen LogP contribution is -2.20. The molecule has 1 aromatic rings. The van der Waals surface area contributed by atoms with E-state index in [9.17, 15) is 0 Å². The molecule has 0 saturated carbocycles. The Morgan fingerprint density at radius 3 is 2.69 bits per heavy atom. The summed E-state index contributed by atoms with van der Waals surface area (Å²) in [5.41, 5.74) is 1.33. The Bertz CT molecular complexity index is 292. The van der Waals surface area contributed by atoms with Gasteiger partial charge in [0.05, 0.1) is 0 Å². The van der Waals surface area contributed by atoms with E-state index in [-0.39, 0.29) is 0 Å². The van der Waals surface area contributed by atoms with Crippen LogP contribution in [0.1, 0.15) is 18.9 Å². The SMILES string of the molecule is C=CCCc1ccc(OCCNCC)cc1. The summed E-state index contributed by atoms with van der Waals surface area (Å²) in [7, 11) is 0. The lowest BCUT2D eigenvalue weighted by molar-refractivity contribution is 0.315. The quantitative estimate of drug-likeness (QED) is 0.536. The molecule has 0 saturated heterocycles. The standard InChI is InChI=1S/C14H21NO/c1-3-5-6-13-7-9-14(10-8-13)16-12-11-15-4-2/h3,7-10,15H,1,4-6,11-12H2,2H3. The van der Waals surface area contributed by atoms with E-state index in [2.05, 4.69) is 31.0 Å². The molecule has 2 heteroatoms. The number of nitrogens with one attached hydrogen (secondary N) is 1. The van der Waals surface area contributed by atoms with Gasteiger partial charge in [-0.25, -0.2) is 0 Å². The van der Waals surface area contributed by atoms with Crippen molar-refractivity contribution in [3.63, 3.8) is 0 Å². The van der Waals surface area contributed by atoms with Crippen LogP contribution in [0, 0.1) is 0 Å². The highest BCUT2D eigenvalue weighted by Crippen LogP contribution is 2.13. The Morgan fingerprint density at radius 2 is 2.06 bits per heavy atom. The molecular formula is C14H21NO. The van der Waals surface area contributed by atoms with Crippen molar-refractivity contribution in [2.45, 2.75) is 19.8 Å². The summed E-state index contributed by atoms with van der Waals surface area (Å²) in [5, 5.41) is 3.22. The van der Waals surface area contributed by atoms with Crippen LogP contribution in [0.2, 0.25) is 0 Å². The van der Waals surface area contributed by atoms with Gasteiger partial charge in [-0.3, -0.25) is 0 Å². The maximum Gasteiger partial charge on any atom is 0.119 e. The van der Waals surface area contributed by atoms with Crippen molar-refractivity contribution < 1.29 is 4.74 Å². The van der Waals surface area contributed by atoms with Crippen LogP contribution in [-0.2, 0) is 6.42 Å². The topological polar surface area (TPSA) is 21.3 Å². The number of rotatable bonds is 8. The zero-order valence-corrected chi connectivity index (χ0v) is 10.0. The molecule has 0 spiro atoms. The van der Waals surface area contributed by atoms with Gasteiger partial charge in [0.15, 0.2) is 0 Å². The van der Waals surface area contributed by atoms with Crippen molar-refractivity contribution in [2.75, 3.05) is 19.7 Å². The predicted molar refractivity (Wildman–Crippen MR) is 69.0 cm³/mol. The van der Waals surface area contributed by atoms with Gasteiger partial charge < -0.3 is 10.1 Å². The van der Waals surface area contributed by atoms with Gasteiger partial charge in [-0.15, -0.1) is 6.58 Å². The van der Waals surface area contributed by atoms with Crippen LogP contribution in [0.4, 0.5) is 0 Å². The highest BCUT2D eigenvalue weighted by Gasteiger charge is 1.94. The third-order valence-corrected chi connectivity index (χ3v) is 2.36. The van der Waals surface area contributed by atoms with E-state index in [1.165, 1.54) is 5.56 Å². The minimum atomic E-state index is 0.722. The van der Waals surface area contributed by atoms with Crippen LogP contribution in [0.3, 0.4) is 0 Å². The normalized spacial score (nSPS) is 10.1. The molecule has 2 nitrogen and oxygen atoms in total. The van der Waals surface area contributed by atoms with Crippen molar-refractivity contribution in [3.05, 3.63) is 42.5 Å². The smallest absolute Gasteiger partial charge is 0.119 e. The monoisotopic (exact) mass is 219 g/mol. The van der Waals surface area contributed by atoms with Gasteiger partial charge in [-0.2, -0.15) is 0 Å². The average molecular weight is 219 g/mol. The van der Waals surface area contributed by atoms with Gasteiger partial charge >= 0.3 is 0 Å². The van der Waals surface area contributed by atoms with E-state index in [1.54, 1.807) is 0 Å². The first-order valence-electron chi connectivity index (χ1n) is 5.90.